The molecule has 3 saturated carbocycles. The van der Waals surface area contributed by atoms with Gasteiger partial charge in [0.15, 0.2) is 0 Å². The van der Waals surface area contributed by atoms with E-state index in [9.17, 15) is 9.90 Å². The van der Waals surface area contributed by atoms with Gasteiger partial charge in [-0.25, -0.2) is 0 Å². The Balaban J connectivity index is 0.000000211. The Morgan fingerprint density at radius 2 is 1.03 bits per heavy atom. The fourth-order valence-electron chi connectivity index (χ4n) is 17.0. The van der Waals surface area contributed by atoms with Gasteiger partial charge < -0.3 is 38.9 Å². The fraction of sp³-hybridized carbons (Fsp3) is 0.847. The van der Waals surface area contributed by atoms with Crippen molar-refractivity contribution < 1.29 is 33.1 Å². The number of likely N-dealkylation sites (tertiary alicyclic amines) is 1. The van der Waals surface area contributed by atoms with Crippen molar-refractivity contribution in [1.82, 2.24) is 64.9 Å². The van der Waals surface area contributed by atoms with Gasteiger partial charge in [-0.3, -0.25) is 53.9 Å². The summed E-state index contributed by atoms with van der Waals surface area (Å²) in [5, 5.41) is 19.9. The third kappa shape index (κ3) is 37.2. The molecular weight excluding hydrogens is 1470 g/mol. The summed E-state index contributed by atoms with van der Waals surface area (Å²) in [5.41, 5.74) is 11.5. The molecule has 7 aliphatic heterocycles. The van der Waals surface area contributed by atoms with E-state index in [0.29, 0.717) is 53.6 Å². The molecule has 0 bridgehead atoms. The van der Waals surface area contributed by atoms with Crippen molar-refractivity contribution in [3.8, 4) is 0 Å². The van der Waals surface area contributed by atoms with Crippen LogP contribution in [0.5, 0.6) is 0 Å². The highest BCUT2D eigenvalue weighted by atomic mass is 16.5. The Hall–Kier alpha value is -3.71. The smallest absolute Gasteiger partial charge is 0.228 e. The van der Waals surface area contributed by atoms with E-state index in [1.54, 1.807) is 0 Å². The molecule has 4 atom stereocenters. The van der Waals surface area contributed by atoms with Gasteiger partial charge in [0.2, 0.25) is 5.91 Å². The summed E-state index contributed by atoms with van der Waals surface area (Å²) in [6.45, 7) is 94.2. The van der Waals surface area contributed by atoms with Gasteiger partial charge in [0.25, 0.3) is 0 Å². The molecule has 0 aromatic carbocycles. The number of aliphatic hydroxyl groups excluding tert-OH is 1. The van der Waals surface area contributed by atoms with Crippen LogP contribution in [0.3, 0.4) is 0 Å². The van der Waals surface area contributed by atoms with Crippen LogP contribution in [0.2, 0.25) is 0 Å². The topological polar surface area (TPSA) is 170 Å². The largest absolute Gasteiger partial charge is 0.472 e. The first-order valence-corrected chi connectivity index (χ1v) is 46.7. The lowest BCUT2D eigenvalue weighted by Crippen LogP contribution is -2.56. The Kier molecular flexibility index (Phi) is 41.1. The van der Waals surface area contributed by atoms with Crippen LogP contribution in [0.15, 0.2) is 51.1 Å². The quantitative estimate of drug-likeness (QED) is 0.131. The van der Waals surface area contributed by atoms with E-state index >= 15 is 0 Å². The van der Waals surface area contributed by atoms with Gasteiger partial charge >= 0.3 is 0 Å². The fourth-order valence-corrected chi connectivity index (χ4v) is 17.0. The van der Waals surface area contributed by atoms with Crippen molar-refractivity contribution in [1.29, 1.82) is 0 Å². The van der Waals surface area contributed by atoms with Crippen molar-refractivity contribution in [3.63, 3.8) is 0 Å². The van der Waals surface area contributed by atoms with Crippen LogP contribution in [0.25, 0.3) is 0 Å². The highest BCUT2D eigenvalue weighted by molar-refractivity contribution is 5.84. The summed E-state index contributed by atoms with van der Waals surface area (Å²) in [6, 6.07) is 5.72. The highest BCUT2D eigenvalue weighted by Gasteiger charge is 2.39. The maximum absolute atomic E-state index is 11.5. The van der Waals surface area contributed by atoms with Crippen molar-refractivity contribution in [2.75, 3.05) is 157 Å². The lowest BCUT2D eigenvalue weighted by atomic mass is 9.82. The number of ether oxygens (including phenoxy) is 3. The number of fused-ring (bicyclic) bond motifs is 1. The normalized spacial score (nSPS) is 23.0. The van der Waals surface area contributed by atoms with Gasteiger partial charge in [-0.2, -0.15) is 0 Å². The molecule has 3 aromatic heterocycles. The Bertz CT molecular complexity index is 3260. The summed E-state index contributed by atoms with van der Waals surface area (Å²) in [6.07, 6.45) is 20.8. The number of morpholine rings is 1. The molecule has 13 rings (SSSR count). The van der Waals surface area contributed by atoms with Crippen LogP contribution in [0.1, 0.15) is 296 Å². The lowest BCUT2D eigenvalue weighted by molar-refractivity contribution is -0.119. The molecule has 3 N–H and O–H groups in total. The molecule has 10 aliphatic rings. The third-order valence-electron chi connectivity index (χ3n) is 25.9. The number of hydrogen-bond donors (Lipinski definition) is 3. The van der Waals surface area contributed by atoms with Crippen molar-refractivity contribution in [2.45, 2.75) is 360 Å². The molecule has 1 amide bonds. The van der Waals surface area contributed by atoms with E-state index in [2.05, 4.69) is 271 Å². The number of hydrogen-bond acceptors (Lipinski definition) is 19. The minimum absolute atomic E-state index is 0.0119. The molecule has 0 spiro atoms. The molecule has 20 nitrogen and oxygen atoms in total. The van der Waals surface area contributed by atoms with Gasteiger partial charge in [-0.1, -0.05) is 58.7 Å². The minimum atomic E-state index is -0.0119. The number of pyridine rings is 1. The second-order valence-electron chi connectivity index (χ2n) is 44.0. The predicted molar refractivity (Wildman–Crippen MR) is 492 cm³/mol. The van der Waals surface area contributed by atoms with Gasteiger partial charge in [-0.05, 0) is 290 Å². The highest BCUT2D eigenvalue weighted by Crippen LogP contribution is 2.35. The molecule has 9 fully saturated rings. The monoisotopic (exact) mass is 1650 g/mol. The van der Waals surface area contributed by atoms with Crippen LogP contribution < -0.4 is 10.6 Å². The summed E-state index contributed by atoms with van der Waals surface area (Å²) < 4.78 is 27.6. The first-order valence-electron chi connectivity index (χ1n) is 46.7. The van der Waals surface area contributed by atoms with Crippen LogP contribution in [-0.4, -0.2) is 280 Å². The van der Waals surface area contributed by atoms with Gasteiger partial charge in [0.1, 0.15) is 5.76 Å². The van der Waals surface area contributed by atoms with Crippen molar-refractivity contribution in [2.24, 2.45) is 23.7 Å². The van der Waals surface area contributed by atoms with E-state index in [-0.39, 0.29) is 33.6 Å². The van der Waals surface area contributed by atoms with E-state index < -0.39 is 0 Å². The van der Waals surface area contributed by atoms with E-state index in [1.807, 2.05) is 32.6 Å². The zero-order valence-corrected chi connectivity index (χ0v) is 81.6. The van der Waals surface area contributed by atoms with Gasteiger partial charge in [0, 0.05) is 218 Å². The number of piperazine rings is 4. The third-order valence-corrected chi connectivity index (χ3v) is 25.9. The Morgan fingerprint density at radius 1 is 0.551 bits per heavy atom. The first-order chi connectivity index (χ1) is 54.9. The number of aromatic nitrogens is 2. The molecule has 10 heterocycles. The molecular formula is C98H181N13O7. The summed E-state index contributed by atoms with van der Waals surface area (Å²) in [7, 11) is 0. The van der Waals surface area contributed by atoms with Gasteiger partial charge in [-0.15, -0.1) is 0 Å². The second kappa shape index (κ2) is 47.0. The SMILES string of the molecule is CC(C)(C)N1CCN(C2CCC2)CC1.CC(C)(C)OCC1CC1.CC(C)(C)OCC1CC2NCCOC2C1.CCC(CO)C1CCN(C(C)(C)C)CC1.CCC1=C(CN2CCN(C(C)(C)C)CC2)NC(=O)C1.Cc1ccc(C(C)(C)C)nc1.Cc1cocc1CN1CCN(C(C)(C)C)CC1.Cc1noc(C)c1CN1CCN(C(C)(C)C)CC1. The molecule has 680 valence electrons. The zero-order valence-electron chi connectivity index (χ0n) is 81.6. The van der Waals surface area contributed by atoms with E-state index in [1.165, 1.54) is 132 Å². The standard InChI is InChI=1S/C15H27N3O.C14H25N3O.C14H24N2O.C13H27NO.C12H24N2.C12H23NO2.C10H15N.C8H16O/c1-5-12-10-14(19)16-13(12)11-17-6-8-18(9-7-17)15(2,3)4;1-11-13(12(2)18-15-11)10-16-6-8-17(9-7-16)14(3,4)5;1-12-10-17-11-13(12)9-15-5-7-16(8-6-15)14(2,3)4;1-5-11(10-15)12-6-8-14(9-7-12)13(2,3)4;1-12(2,3)14-9-7-13(8-10-14)11-5-4-6-11;1-12(2,3)15-8-9-6-10-11(7-9)14-5-4-13-10;1-8-5-6-9(11-7-8)10(2,3)4;1-8(2,3)9-6-7-4-5-7/h5-11H2,1-4H3,(H,16,19);6-10H2,1-5H3;10-11H,5-9H2,1-4H3;11-12,15H,5-10H2,1-4H3;11H,4-10H2,1-3H3;9-11,13H,4-8H2,1-3H3;5-7H,1-4H3;7H,4-6H2,1-3H3. The van der Waals surface area contributed by atoms with Crippen LogP contribution in [0.4, 0.5) is 0 Å². The molecule has 3 aromatic rings. The van der Waals surface area contributed by atoms with E-state index in [4.69, 9.17) is 23.2 Å². The molecule has 4 unspecified atom stereocenters. The Labute approximate surface area is 722 Å². The van der Waals surface area contributed by atoms with Crippen LogP contribution in [0, 0.1) is 51.4 Å². The molecule has 3 aliphatic carbocycles. The minimum Gasteiger partial charge on any atom is -0.472 e. The number of amides is 1. The van der Waals surface area contributed by atoms with Crippen LogP contribution in [-0.2, 0) is 37.5 Å². The van der Waals surface area contributed by atoms with Crippen molar-refractivity contribution >= 4 is 5.91 Å². The van der Waals surface area contributed by atoms with Gasteiger partial charge in [0.05, 0.1) is 55.3 Å². The summed E-state index contributed by atoms with van der Waals surface area (Å²) in [5.74, 6) is 3.98. The lowest BCUT2D eigenvalue weighted by Gasteiger charge is -2.46. The number of rotatable bonds is 15. The zero-order chi connectivity index (χ0) is 87.8. The number of furan rings is 1. The number of nitrogens with one attached hydrogen (secondary N) is 2. The summed E-state index contributed by atoms with van der Waals surface area (Å²) >= 11 is 0. The molecule has 118 heavy (non-hydrogen) atoms. The van der Waals surface area contributed by atoms with E-state index in [0.717, 1.165) is 171 Å². The average Bonchev–Trinajstić information content (AvgIpc) is 1.51. The maximum atomic E-state index is 11.5. The molecule has 6 saturated heterocycles. The first kappa shape index (κ1) is 103. The maximum Gasteiger partial charge on any atom is 0.228 e. The predicted octanol–water partition coefficient (Wildman–Crippen LogP) is 17.2. The van der Waals surface area contributed by atoms with Crippen LogP contribution >= 0.6 is 0 Å². The Morgan fingerprint density at radius 3 is 1.41 bits per heavy atom. The number of carbonyl (C=O) groups excluding carboxylic acids is 1. The number of piperidine rings is 1. The second-order valence-corrected chi connectivity index (χ2v) is 44.0. The number of carbonyl (C=O) groups is 1. The average molecular weight is 1650 g/mol. The molecule has 0 radical (unpaired) electrons. The number of aliphatic hydroxyl groups is 1. The van der Waals surface area contributed by atoms with Crippen molar-refractivity contribution in [3.05, 3.63) is 81.5 Å². The molecule has 20 heteroatoms. The number of aryl methyl sites for hydroxylation is 4. The summed E-state index contributed by atoms with van der Waals surface area (Å²) in [4.78, 5) is 38.8. The number of nitrogens with zero attached hydrogens (tertiary/aromatic N) is 11.